The number of halogens is 3. The number of aromatic nitrogens is 1. The third-order valence-electron chi connectivity index (χ3n) is 5.72. The Labute approximate surface area is 234 Å². The normalized spacial score (nSPS) is 15.2. The van der Waals surface area contributed by atoms with Crippen LogP contribution >= 0.6 is 23.2 Å². The van der Waals surface area contributed by atoms with Gasteiger partial charge in [0.1, 0.15) is 24.3 Å². The van der Waals surface area contributed by atoms with Crippen molar-refractivity contribution in [3.05, 3.63) is 75.7 Å². The van der Waals surface area contributed by atoms with Crippen LogP contribution in [-0.4, -0.2) is 55.4 Å². The number of sulfonamides is 1. The number of carbonyl (C=O) groups is 1. The number of nitrogens with zero attached hydrogens (tertiary/aromatic N) is 2. The number of pyridine rings is 1. The Morgan fingerprint density at radius 2 is 2.03 bits per heavy atom. The summed E-state index contributed by atoms with van der Waals surface area (Å²) in [7, 11) is -4.38. The van der Waals surface area contributed by atoms with Gasteiger partial charge in [0.15, 0.2) is 4.90 Å². The molecule has 0 radical (unpaired) electrons. The molecule has 0 saturated carbocycles. The molecule has 0 amide bonds. The van der Waals surface area contributed by atoms with Crippen molar-refractivity contribution < 1.29 is 37.3 Å². The lowest BCUT2D eigenvalue weighted by Gasteiger charge is -2.35. The lowest BCUT2D eigenvalue weighted by Crippen LogP contribution is -2.44. The number of hydrogen-bond acceptors (Lipinski definition) is 7. The van der Waals surface area contributed by atoms with Crippen molar-refractivity contribution in [1.29, 1.82) is 0 Å². The second kappa shape index (κ2) is 12.2. The van der Waals surface area contributed by atoms with Gasteiger partial charge in [0, 0.05) is 18.2 Å². The number of rotatable bonds is 10. The minimum Gasteiger partial charge on any atom is -0.486 e. The van der Waals surface area contributed by atoms with Crippen LogP contribution in [0.4, 0.5) is 10.1 Å². The van der Waals surface area contributed by atoms with Crippen molar-refractivity contribution >= 4 is 57.0 Å². The molecule has 3 aromatic rings. The maximum atomic E-state index is 14.2. The zero-order valence-corrected chi connectivity index (χ0v) is 22.6. The van der Waals surface area contributed by atoms with Crippen LogP contribution in [0.1, 0.15) is 24.0 Å². The van der Waals surface area contributed by atoms with Crippen molar-refractivity contribution in [3.63, 3.8) is 0 Å². The van der Waals surface area contributed by atoms with Gasteiger partial charge in [-0.05, 0) is 48.4 Å². The predicted octanol–water partition coefficient (Wildman–Crippen LogP) is 4.89. The highest BCUT2D eigenvalue weighted by molar-refractivity contribution is 7.93. The van der Waals surface area contributed by atoms with Crippen molar-refractivity contribution in [2.75, 3.05) is 24.1 Å². The maximum absolute atomic E-state index is 14.2. The Hall–Kier alpha value is -3.38. The van der Waals surface area contributed by atoms with Crippen molar-refractivity contribution in [1.82, 2.24) is 4.98 Å². The molecule has 0 aliphatic carbocycles. The summed E-state index contributed by atoms with van der Waals surface area (Å²) in [5.41, 5.74) is 0.847. The van der Waals surface area contributed by atoms with Gasteiger partial charge in [-0.2, -0.15) is 0 Å². The molecule has 0 bridgehead atoms. The number of aliphatic carboxylic acids is 1. The maximum Gasteiger partial charge on any atom is 0.303 e. The number of aliphatic hydroxyl groups is 1. The second-order valence-corrected chi connectivity index (χ2v) is 11.1. The van der Waals surface area contributed by atoms with E-state index in [2.05, 4.69) is 4.98 Å². The molecule has 13 heteroatoms. The summed E-state index contributed by atoms with van der Waals surface area (Å²) in [4.78, 5) is 14.8. The van der Waals surface area contributed by atoms with Gasteiger partial charge in [-0.15, -0.1) is 0 Å². The Morgan fingerprint density at radius 3 is 2.74 bits per heavy atom. The quantitative estimate of drug-likeness (QED) is 0.317. The van der Waals surface area contributed by atoms with Crippen molar-refractivity contribution in [2.45, 2.75) is 23.8 Å². The van der Waals surface area contributed by atoms with Gasteiger partial charge in [-0.3, -0.25) is 9.10 Å². The summed E-state index contributed by atoms with van der Waals surface area (Å²) >= 11 is 12.2. The fourth-order valence-electron chi connectivity index (χ4n) is 3.91. The van der Waals surface area contributed by atoms with E-state index in [-0.39, 0.29) is 70.4 Å². The molecule has 2 heterocycles. The highest BCUT2D eigenvalue weighted by Gasteiger charge is 2.37. The molecular weight excluding hydrogens is 574 g/mol. The fourth-order valence-corrected chi connectivity index (χ4v) is 5.97. The zero-order valence-electron chi connectivity index (χ0n) is 20.3. The average molecular weight is 597 g/mol. The molecule has 9 nitrogen and oxygen atoms in total. The van der Waals surface area contributed by atoms with E-state index in [0.29, 0.717) is 5.56 Å². The number of benzene rings is 2. The Morgan fingerprint density at radius 1 is 1.23 bits per heavy atom. The monoisotopic (exact) mass is 596 g/mol. The molecule has 0 spiro atoms. The minimum atomic E-state index is -4.38. The van der Waals surface area contributed by atoms with E-state index in [0.717, 1.165) is 4.31 Å². The SMILES string of the molecule is O=C(O)CC[C@H]1CN(S(=O)(=O)c2cc(Cl)cnc2OCCO)c2cc(/C=C/c3c(F)cccc3Cl)ccc2O1. The Bertz CT molecular complexity index is 1500. The minimum absolute atomic E-state index is 0.0410. The second-order valence-electron chi connectivity index (χ2n) is 8.43. The van der Waals surface area contributed by atoms with Crippen LogP contribution in [0.5, 0.6) is 11.6 Å². The largest absolute Gasteiger partial charge is 0.486 e. The first-order chi connectivity index (χ1) is 18.6. The van der Waals surface area contributed by atoms with Gasteiger partial charge in [0.25, 0.3) is 10.0 Å². The molecule has 0 saturated heterocycles. The van der Waals surface area contributed by atoms with E-state index < -0.39 is 27.9 Å². The first kappa shape index (κ1) is 28.6. The van der Waals surface area contributed by atoms with E-state index in [9.17, 15) is 17.6 Å². The van der Waals surface area contributed by atoms with Crippen LogP contribution in [0, 0.1) is 5.82 Å². The molecule has 2 N–H and O–H groups in total. The Kier molecular flexibility index (Phi) is 8.96. The van der Waals surface area contributed by atoms with Crippen LogP contribution in [-0.2, 0) is 14.8 Å². The molecule has 2 aromatic carbocycles. The summed E-state index contributed by atoms with van der Waals surface area (Å²) < 4.78 is 54.6. The number of ether oxygens (including phenoxy) is 2. The highest BCUT2D eigenvalue weighted by atomic mass is 35.5. The molecule has 1 aromatic heterocycles. The van der Waals surface area contributed by atoms with Gasteiger partial charge in [0.2, 0.25) is 5.88 Å². The number of aliphatic hydroxyl groups excluding tert-OH is 1. The summed E-state index contributed by atoms with van der Waals surface area (Å²) in [6.07, 6.45) is 3.31. The molecule has 39 heavy (non-hydrogen) atoms. The number of hydrogen-bond donors (Lipinski definition) is 2. The van der Waals surface area contributed by atoms with Crippen LogP contribution < -0.4 is 13.8 Å². The lowest BCUT2D eigenvalue weighted by atomic mass is 10.1. The number of anilines is 1. The first-order valence-electron chi connectivity index (χ1n) is 11.7. The van der Waals surface area contributed by atoms with E-state index >= 15 is 0 Å². The predicted molar refractivity (Wildman–Crippen MR) is 144 cm³/mol. The van der Waals surface area contributed by atoms with E-state index in [1.807, 2.05) is 0 Å². The van der Waals surface area contributed by atoms with Gasteiger partial charge in [-0.1, -0.05) is 41.4 Å². The summed E-state index contributed by atoms with van der Waals surface area (Å²) in [5, 5.41) is 18.5. The highest BCUT2D eigenvalue weighted by Crippen LogP contribution is 2.40. The molecule has 1 atom stereocenters. The van der Waals surface area contributed by atoms with Gasteiger partial charge >= 0.3 is 5.97 Å². The fraction of sp³-hybridized carbons (Fsp3) is 0.231. The molecule has 1 aliphatic rings. The van der Waals surface area contributed by atoms with Gasteiger partial charge in [0.05, 0.1) is 28.9 Å². The van der Waals surface area contributed by atoms with Crippen LogP contribution in [0.3, 0.4) is 0 Å². The third-order valence-corrected chi connectivity index (χ3v) is 8.03. The molecular formula is C26H23Cl2FN2O7S. The van der Waals surface area contributed by atoms with Gasteiger partial charge in [-0.25, -0.2) is 17.8 Å². The summed E-state index contributed by atoms with van der Waals surface area (Å²) in [6, 6.07) is 10.2. The number of carboxylic acid groups (broad SMARTS) is 1. The number of fused-ring (bicyclic) bond motifs is 1. The van der Waals surface area contributed by atoms with Crippen LogP contribution in [0.25, 0.3) is 12.2 Å². The summed E-state index contributed by atoms with van der Waals surface area (Å²) in [6.45, 7) is -0.782. The molecule has 0 fully saturated rings. The van der Waals surface area contributed by atoms with Gasteiger partial charge < -0.3 is 19.7 Å². The van der Waals surface area contributed by atoms with E-state index in [1.165, 1.54) is 36.5 Å². The van der Waals surface area contributed by atoms with E-state index in [4.69, 9.17) is 42.9 Å². The molecule has 1 aliphatic heterocycles. The lowest BCUT2D eigenvalue weighted by molar-refractivity contribution is -0.137. The molecule has 0 unspecified atom stereocenters. The Balaban J connectivity index is 1.78. The summed E-state index contributed by atoms with van der Waals surface area (Å²) in [5.74, 6) is -1.62. The zero-order chi connectivity index (χ0) is 28.2. The number of carboxylic acids is 1. The van der Waals surface area contributed by atoms with Crippen molar-refractivity contribution in [3.8, 4) is 11.6 Å². The third kappa shape index (κ3) is 6.62. The van der Waals surface area contributed by atoms with Crippen molar-refractivity contribution in [2.24, 2.45) is 0 Å². The smallest absolute Gasteiger partial charge is 0.303 e. The topological polar surface area (TPSA) is 126 Å². The van der Waals surface area contributed by atoms with Crippen LogP contribution in [0.15, 0.2) is 53.6 Å². The van der Waals surface area contributed by atoms with Crippen LogP contribution in [0.2, 0.25) is 10.0 Å². The molecule has 206 valence electrons. The molecule has 4 rings (SSSR count). The standard InChI is InChI=1S/C26H23Cl2FN2O7S/c27-17-13-24(26(30-14-17)37-11-10-32)39(35,36)31-15-18(6-9-25(33)34)38-23-8-5-16(12-22(23)31)4-7-19-20(28)2-1-3-21(19)29/h1-5,7-8,12-14,18,32H,6,9-11,15H2,(H,33,34)/b7-4+/t18-/m0/s1. The average Bonchev–Trinajstić information content (AvgIpc) is 2.90. The van der Waals surface area contributed by atoms with E-state index in [1.54, 1.807) is 24.3 Å². The first-order valence-corrected chi connectivity index (χ1v) is 13.9.